The molecule has 144 valence electrons. The Bertz CT molecular complexity index is 1070. The highest BCUT2D eigenvalue weighted by Crippen LogP contribution is 2.28. The maximum atomic E-state index is 12.6. The molecule has 1 N–H and O–H groups in total. The second kappa shape index (κ2) is 7.55. The van der Waals surface area contributed by atoms with Gasteiger partial charge in [-0.3, -0.25) is 19.4 Å². The van der Waals surface area contributed by atoms with Gasteiger partial charge in [-0.2, -0.15) is 0 Å². The molecule has 0 radical (unpaired) electrons. The number of carbonyl (C=O) groups excluding carboxylic acids is 3. The number of rotatable bonds is 5. The van der Waals surface area contributed by atoms with Crippen LogP contribution in [0.3, 0.4) is 0 Å². The van der Waals surface area contributed by atoms with Crippen molar-refractivity contribution in [3.8, 4) is 5.75 Å². The molecule has 4 rings (SSSR count). The van der Waals surface area contributed by atoms with Crippen molar-refractivity contribution in [2.45, 2.75) is 6.42 Å². The van der Waals surface area contributed by atoms with Crippen LogP contribution >= 0.6 is 0 Å². The standard InChI is InChI=1S/C22H17N3O4/c1-29-17-9-7-14(8-10-17)12-19(26)24-15-4-2-5-16(13-15)25-21(27)18-6-3-11-23-20(18)22(25)28/h2-11,13H,12H2,1H3,(H,24,26). The number of methoxy groups -OCH3 is 1. The van der Waals surface area contributed by atoms with Gasteiger partial charge in [0.1, 0.15) is 11.4 Å². The number of carbonyl (C=O) groups is 3. The molecule has 0 saturated carbocycles. The summed E-state index contributed by atoms with van der Waals surface area (Å²) >= 11 is 0. The Balaban J connectivity index is 1.50. The molecule has 29 heavy (non-hydrogen) atoms. The van der Waals surface area contributed by atoms with E-state index >= 15 is 0 Å². The van der Waals surface area contributed by atoms with Gasteiger partial charge in [0.15, 0.2) is 0 Å². The summed E-state index contributed by atoms with van der Waals surface area (Å²) in [6, 6.07) is 17.0. The molecule has 2 aromatic carbocycles. The zero-order valence-electron chi connectivity index (χ0n) is 15.6. The first-order valence-corrected chi connectivity index (χ1v) is 8.93. The molecule has 0 saturated heterocycles. The van der Waals surface area contributed by atoms with Crippen LogP contribution in [0.1, 0.15) is 26.4 Å². The predicted octanol–water partition coefficient (Wildman–Crippen LogP) is 3.07. The van der Waals surface area contributed by atoms with Gasteiger partial charge >= 0.3 is 0 Å². The van der Waals surface area contributed by atoms with Gasteiger partial charge in [0.05, 0.1) is 24.8 Å². The second-order valence-corrected chi connectivity index (χ2v) is 6.47. The van der Waals surface area contributed by atoms with Crippen molar-refractivity contribution >= 4 is 29.1 Å². The molecule has 1 aliphatic rings. The van der Waals surface area contributed by atoms with Gasteiger partial charge < -0.3 is 10.1 Å². The average molecular weight is 387 g/mol. The van der Waals surface area contributed by atoms with E-state index in [1.807, 2.05) is 12.1 Å². The fourth-order valence-corrected chi connectivity index (χ4v) is 3.16. The van der Waals surface area contributed by atoms with Crippen molar-refractivity contribution in [3.63, 3.8) is 0 Å². The minimum absolute atomic E-state index is 0.131. The van der Waals surface area contributed by atoms with Crippen LogP contribution in [0.5, 0.6) is 5.75 Å². The molecule has 1 aliphatic heterocycles. The fourth-order valence-electron chi connectivity index (χ4n) is 3.16. The van der Waals surface area contributed by atoms with E-state index in [-0.39, 0.29) is 23.6 Å². The number of hydrogen-bond donors (Lipinski definition) is 1. The Kier molecular flexibility index (Phi) is 4.78. The SMILES string of the molecule is COc1ccc(CC(=O)Nc2cccc(N3C(=O)c4cccnc4C3=O)c2)cc1. The Hall–Kier alpha value is -4.00. The van der Waals surface area contributed by atoms with Gasteiger partial charge in [-0.1, -0.05) is 18.2 Å². The molecular weight excluding hydrogens is 370 g/mol. The van der Waals surface area contributed by atoms with Gasteiger partial charge in [0.25, 0.3) is 11.8 Å². The topological polar surface area (TPSA) is 88.6 Å². The fraction of sp³-hybridized carbons (Fsp3) is 0.0909. The van der Waals surface area contributed by atoms with Crippen molar-refractivity contribution in [1.82, 2.24) is 4.98 Å². The molecule has 7 heteroatoms. The highest BCUT2D eigenvalue weighted by atomic mass is 16.5. The monoisotopic (exact) mass is 387 g/mol. The van der Waals surface area contributed by atoms with Crippen LogP contribution < -0.4 is 15.0 Å². The number of pyridine rings is 1. The molecule has 0 aliphatic carbocycles. The minimum Gasteiger partial charge on any atom is -0.497 e. The molecular formula is C22H17N3O4. The molecule has 3 aromatic rings. The van der Waals surface area contributed by atoms with Crippen LogP contribution in [0.4, 0.5) is 11.4 Å². The van der Waals surface area contributed by atoms with Crippen molar-refractivity contribution in [1.29, 1.82) is 0 Å². The van der Waals surface area contributed by atoms with Crippen LogP contribution in [-0.4, -0.2) is 29.8 Å². The number of hydrogen-bond acceptors (Lipinski definition) is 5. The van der Waals surface area contributed by atoms with Crippen molar-refractivity contribution in [2.24, 2.45) is 0 Å². The number of aromatic nitrogens is 1. The summed E-state index contributed by atoms with van der Waals surface area (Å²) in [5, 5.41) is 2.80. The van der Waals surface area contributed by atoms with E-state index in [4.69, 9.17) is 4.74 Å². The molecule has 0 unspecified atom stereocenters. The lowest BCUT2D eigenvalue weighted by atomic mass is 10.1. The van der Waals surface area contributed by atoms with Crippen molar-refractivity contribution in [2.75, 3.05) is 17.3 Å². The summed E-state index contributed by atoms with van der Waals surface area (Å²) in [7, 11) is 1.58. The molecule has 0 bridgehead atoms. The summed E-state index contributed by atoms with van der Waals surface area (Å²) in [5.74, 6) is -0.402. The number of ether oxygens (including phenoxy) is 1. The molecule has 0 spiro atoms. The van der Waals surface area contributed by atoms with Crippen LogP contribution in [0.25, 0.3) is 0 Å². The van der Waals surface area contributed by atoms with E-state index < -0.39 is 11.8 Å². The third-order valence-electron chi connectivity index (χ3n) is 4.56. The third-order valence-corrected chi connectivity index (χ3v) is 4.56. The number of benzene rings is 2. The lowest BCUT2D eigenvalue weighted by Gasteiger charge is -2.15. The first kappa shape index (κ1) is 18.4. The maximum Gasteiger partial charge on any atom is 0.284 e. The Morgan fingerprint density at radius 2 is 1.83 bits per heavy atom. The maximum absolute atomic E-state index is 12.6. The summed E-state index contributed by atoms with van der Waals surface area (Å²) in [4.78, 5) is 42.6. The first-order valence-electron chi connectivity index (χ1n) is 8.93. The summed E-state index contributed by atoms with van der Waals surface area (Å²) < 4.78 is 5.11. The van der Waals surface area contributed by atoms with Crippen molar-refractivity contribution in [3.05, 3.63) is 83.7 Å². The highest BCUT2D eigenvalue weighted by molar-refractivity contribution is 6.33. The number of anilines is 2. The Morgan fingerprint density at radius 3 is 2.55 bits per heavy atom. The minimum atomic E-state index is -0.479. The quantitative estimate of drug-likeness (QED) is 0.680. The lowest BCUT2D eigenvalue weighted by Crippen LogP contribution is -2.29. The van der Waals surface area contributed by atoms with Gasteiger partial charge in [-0.25, -0.2) is 4.90 Å². The van der Waals surface area contributed by atoms with Gasteiger partial charge in [-0.15, -0.1) is 0 Å². The normalized spacial score (nSPS) is 12.7. The van der Waals surface area contributed by atoms with Gasteiger partial charge in [0.2, 0.25) is 5.91 Å². The van der Waals surface area contributed by atoms with Crippen LogP contribution in [-0.2, 0) is 11.2 Å². The predicted molar refractivity (Wildman–Crippen MR) is 107 cm³/mol. The highest BCUT2D eigenvalue weighted by Gasteiger charge is 2.37. The van der Waals surface area contributed by atoms with E-state index in [0.29, 0.717) is 11.4 Å². The first-order chi connectivity index (χ1) is 14.1. The number of fused-ring (bicyclic) bond motifs is 1. The molecule has 0 fully saturated rings. The Morgan fingerprint density at radius 1 is 1.03 bits per heavy atom. The smallest absolute Gasteiger partial charge is 0.284 e. The molecule has 7 nitrogen and oxygen atoms in total. The van der Waals surface area contributed by atoms with E-state index in [9.17, 15) is 14.4 Å². The average Bonchev–Trinajstić information content (AvgIpc) is 2.99. The zero-order valence-corrected chi connectivity index (χ0v) is 15.6. The number of imide groups is 1. The molecule has 0 atom stereocenters. The van der Waals surface area contributed by atoms with E-state index in [1.165, 1.54) is 6.20 Å². The van der Waals surface area contributed by atoms with Gasteiger partial charge in [-0.05, 0) is 48.0 Å². The number of nitrogens with zero attached hydrogens (tertiary/aromatic N) is 2. The van der Waals surface area contributed by atoms with Crippen LogP contribution in [0.2, 0.25) is 0 Å². The third kappa shape index (κ3) is 3.58. The largest absolute Gasteiger partial charge is 0.497 e. The molecule has 2 heterocycles. The summed E-state index contributed by atoms with van der Waals surface area (Å²) in [6.07, 6.45) is 1.66. The van der Waals surface area contributed by atoms with Gasteiger partial charge in [0, 0.05) is 11.9 Å². The summed E-state index contributed by atoms with van der Waals surface area (Å²) in [5.41, 5.74) is 2.11. The van der Waals surface area contributed by atoms with Crippen molar-refractivity contribution < 1.29 is 19.1 Å². The van der Waals surface area contributed by atoms with Crippen LogP contribution in [0.15, 0.2) is 66.9 Å². The molecule has 3 amide bonds. The van der Waals surface area contributed by atoms with E-state index in [2.05, 4.69) is 10.3 Å². The Labute approximate surface area is 166 Å². The lowest BCUT2D eigenvalue weighted by molar-refractivity contribution is -0.115. The van der Waals surface area contributed by atoms with Crippen LogP contribution in [0, 0.1) is 0 Å². The van der Waals surface area contributed by atoms with E-state index in [0.717, 1.165) is 16.2 Å². The zero-order chi connectivity index (χ0) is 20.4. The van der Waals surface area contributed by atoms with E-state index in [1.54, 1.807) is 55.6 Å². The second-order valence-electron chi connectivity index (χ2n) is 6.47. The number of amides is 3. The molecule has 1 aromatic heterocycles. The number of nitrogens with one attached hydrogen (secondary N) is 1. The summed E-state index contributed by atoms with van der Waals surface area (Å²) in [6.45, 7) is 0.